The first-order valence-electron chi connectivity index (χ1n) is 7.30. The summed E-state index contributed by atoms with van der Waals surface area (Å²) in [7, 11) is 1.35. The molecule has 7 nitrogen and oxygen atoms in total. The van der Waals surface area contributed by atoms with Crippen molar-refractivity contribution in [3.63, 3.8) is 0 Å². The van der Waals surface area contributed by atoms with Gasteiger partial charge in [0.2, 0.25) is 5.13 Å². The molecule has 0 atom stereocenters. The van der Waals surface area contributed by atoms with Gasteiger partial charge in [-0.25, -0.2) is 9.78 Å². The molecule has 132 valence electrons. The van der Waals surface area contributed by atoms with Crippen molar-refractivity contribution in [3.05, 3.63) is 44.0 Å². The molecule has 0 amide bonds. The summed E-state index contributed by atoms with van der Waals surface area (Å²) in [5.41, 5.74) is 4.79. The van der Waals surface area contributed by atoms with Crippen LogP contribution < -0.4 is 5.43 Å². The van der Waals surface area contributed by atoms with E-state index in [9.17, 15) is 9.59 Å². The molecule has 0 aliphatic heterocycles. The molecule has 0 aliphatic carbocycles. The summed E-state index contributed by atoms with van der Waals surface area (Å²) in [6, 6.07) is 5.29. The quantitative estimate of drug-likeness (QED) is 0.288. The number of nitrogens with zero attached hydrogens (tertiary/aromatic N) is 2. The second-order valence-electron chi connectivity index (χ2n) is 4.73. The van der Waals surface area contributed by atoms with Crippen molar-refractivity contribution in [1.29, 1.82) is 0 Å². The van der Waals surface area contributed by atoms with Crippen LogP contribution in [0.15, 0.2) is 28.7 Å². The van der Waals surface area contributed by atoms with Crippen LogP contribution in [0, 0.1) is 3.57 Å². The average Bonchev–Trinajstić information content (AvgIpc) is 3.01. The second kappa shape index (κ2) is 9.47. The third-order valence-corrected chi connectivity index (χ3v) is 4.64. The highest BCUT2D eigenvalue weighted by atomic mass is 127. The van der Waals surface area contributed by atoms with Gasteiger partial charge in [0.05, 0.1) is 37.6 Å². The Bertz CT molecular complexity index is 791. The Balaban J connectivity index is 1.95. The number of hydrogen-bond acceptors (Lipinski definition) is 8. The van der Waals surface area contributed by atoms with Gasteiger partial charge in [0.15, 0.2) is 0 Å². The predicted octanol–water partition coefficient (Wildman–Crippen LogP) is 3.09. The number of benzene rings is 1. The molecule has 9 heteroatoms. The van der Waals surface area contributed by atoms with Crippen molar-refractivity contribution in [3.8, 4) is 0 Å². The van der Waals surface area contributed by atoms with Crippen molar-refractivity contribution in [2.75, 3.05) is 19.1 Å². The highest BCUT2D eigenvalue weighted by Crippen LogP contribution is 2.17. The van der Waals surface area contributed by atoms with Gasteiger partial charge in [-0.1, -0.05) is 6.07 Å². The summed E-state index contributed by atoms with van der Waals surface area (Å²) < 4.78 is 10.4. The highest BCUT2D eigenvalue weighted by molar-refractivity contribution is 14.1. The molecule has 0 saturated carbocycles. The zero-order valence-corrected chi connectivity index (χ0v) is 16.6. The van der Waals surface area contributed by atoms with E-state index in [2.05, 4.69) is 38.1 Å². The zero-order chi connectivity index (χ0) is 18.2. The number of esters is 2. The van der Waals surface area contributed by atoms with Gasteiger partial charge in [0.25, 0.3) is 0 Å². The normalized spacial score (nSPS) is 10.7. The summed E-state index contributed by atoms with van der Waals surface area (Å²) in [4.78, 5) is 27.2. The van der Waals surface area contributed by atoms with Crippen LogP contribution in [0.3, 0.4) is 0 Å². The molecular weight excluding hydrogens is 457 g/mol. The Hall–Kier alpha value is -2.01. The van der Waals surface area contributed by atoms with Gasteiger partial charge in [0.1, 0.15) is 0 Å². The Morgan fingerprint density at radius 3 is 2.92 bits per heavy atom. The summed E-state index contributed by atoms with van der Waals surface area (Å²) >= 11 is 3.42. The van der Waals surface area contributed by atoms with Crippen molar-refractivity contribution < 1.29 is 19.1 Å². The number of carbonyl (C=O) groups excluding carboxylic acids is 2. The minimum absolute atomic E-state index is 0.142. The largest absolute Gasteiger partial charge is 0.466 e. The van der Waals surface area contributed by atoms with E-state index in [-0.39, 0.29) is 18.4 Å². The first-order chi connectivity index (χ1) is 12.0. The minimum Gasteiger partial charge on any atom is -0.466 e. The SMILES string of the molecule is CCOC(=O)Cc1csc(NN=Cc2ccc(C(=O)OC)c(I)c2)n1. The van der Waals surface area contributed by atoms with Crippen LogP contribution in [-0.2, 0) is 20.7 Å². The first-order valence-corrected chi connectivity index (χ1v) is 9.26. The number of rotatable bonds is 7. The van der Waals surface area contributed by atoms with E-state index in [1.165, 1.54) is 18.4 Å². The molecule has 0 spiro atoms. The van der Waals surface area contributed by atoms with Crippen molar-refractivity contribution in [2.45, 2.75) is 13.3 Å². The molecule has 1 aromatic heterocycles. The second-order valence-corrected chi connectivity index (χ2v) is 6.75. The monoisotopic (exact) mass is 473 g/mol. The van der Waals surface area contributed by atoms with Crippen LogP contribution in [-0.4, -0.2) is 36.9 Å². The Morgan fingerprint density at radius 1 is 1.44 bits per heavy atom. The maximum atomic E-state index is 11.6. The van der Waals surface area contributed by atoms with Crippen LogP contribution in [0.1, 0.15) is 28.5 Å². The van der Waals surface area contributed by atoms with Crippen LogP contribution in [0.25, 0.3) is 0 Å². The van der Waals surface area contributed by atoms with E-state index >= 15 is 0 Å². The minimum atomic E-state index is -0.372. The van der Waals surface area contributed by atoms with Gasteiger partial charge < -0.3 is 9.47 Å². The lowest BCUT2D eigenvalue weighted by atomic mass is 10.1. The molecule has 0 aliphatic rings. The van der Waals surface area contributed by atoms with E-state index in [0.29, 0.717) is 23.0 Å². The number of nitrogens with one attached hydrogen (secondary N) is 1. The number of aromatic nitrogens is 1. The summed E-state index contributed by atoms with van der Waals surface area (Å²) in [6.45, 7) is 2.12. The number of ether oxygens (including phenoxy) is 2. The molecule has 2 aromatic rings. The molecule has 1 N–H and O–H groups in total. The van der Waals surface area contributed by atoms with Gasteiger partial charge in [0, 0.05) is 8.95 Å². The third kappa shape index (κ3) is 5.78. The van der Waals surface area contributed by atoms with E-state index < -0.39 is 0 Å². The van der Waals surface area contributed by atoms with Crippen molar-refractivity contribution >= 4 is 57.2 Å². The zero-order valence-electron chi connectivity index (χ0n) is 13.6. The van der Waals surface area contributed by atoms with Gasteiger partial charge in [-0.2, -0.15) is 5.10 Å². The Labute approximate surface area is 162 Å². The maximum absolute atomic E-state index is 11.6. The predicted molar refractivity (Wildman–Crippen MR) is 104 cm³/mol. The van der Waals surface area contributed by atoms with Crippen LogP contribution in [0.2, 0.25) is 0 Å². The molecule has 0 unspecified atom stereocenters. The van der Waals surface area contributed by atoms with Gasteiger partial charge >= 0.3 is 11.9 Å². The van der Waals surface area contributed by atoms with Crippen LogP contribution >= 0.6 is 33.9 Å². The van der Waals surface area contributed by atoms with Crippen molar-refractivity contribution in [1.82, 2.24) is 4.98 Å². The average molecular weight is 473 g/mol. The number of hydrazone groups is 1. The number of carbonyl (C=O) groups is 2. The number of hydrogen-bond donors (Lipinski definition) is 1. The van der Waals surface area contributed by atoms with Gasteiger partial charge in [-0.3, -0.25) is 10.2 Å². The Morgan fingerprint density at radius 2 is 2.24 bits per heavy atom. The van der Waals surface area contributed by atoms with Gasteiger partial charge in [-0.15, -0.1) is 11.3 Å². The number of anilines is 1. The summed E-state index contributed by atoms with van der Waals surface area (Å²) in [6.07, 6.45) is 1.76. The molecule has 25 heavy (non-hydrogen) atoms. The topological polar surface area (TPSA) is 89.9 Å². The van der Waals surface area contributed by atoms with E-state index in [4.69, 9.17) is 9.47 Å². The third-order valence-electron chi connectivity index (χ3n) is 2.95. The lowest BCUT2D eigenvalue weighted by Crippen LogP contribution is -2.07. The van der Waals surface area contributed by atoms with Crippen LogP contribution in [0.4, 0.5) is 5.13 Å². The lowest BCUT2D eigenvalue weighted by Gasteiger charge is -2.03. The molecule has 0 saturated heterocycles. The lowest BCUT2D eigenvalue weighted by molar-refractivity contribution is -0.142. The van der Waals surface area contributed by atoms with E-state index in [0.717, 1.165) is 9.13 Å². The number of halogens is 1. The fourth-order valence-electron chi connectivity index (χ4n) is 1.85. The van der Waals surface area contributed by atoms with E-state index in [1.54, 1.807) is 30.7 Å². The standard InChI is InChI=1S/C16H16IN3O4S/c1-3-24-14(21)7-11-9-25-16(19-11)20-18-8-10-4-5-12(13(17)6-10)15(22)23-2/h4-6,8-9H,3,7H2,1-2H3,(H,19,20). The fourth-order valence-corrected chi connectivity index (χ4v) is 3.27. The molecule has 0 radical (unpaired) electrons. The first kappa shape index (κ1) is 19.3. The molecule has 2 rings (SSSR count). The van der Waals surface area contributed by atoms with Crippen LogP contribution in [0.5, 0.6) is 0 Å². The smallest absolute Gasteiger partial charge is 0.338 e. The van der Waals surface area contributed by atoms with Crippen molar-refractivity contribution in [2.24, 2.45) is 5.10 Å². The molecule has 0 fully saturated rings. The fraction of sp³-hybridized carbons (Fsp3) is 0.250. The highest BCUT2D eigenvalue weighted by Gasteiger charge is 2.10. The molecule has 0 bridgehead atoms. The van der Waals surface area contributed by atoms with E-state index in [1.807, 2.05) is 6.07 Å². The number of thiazole rings is 1. The maximum Gasteiger partial charge on any atom is 0.338 e. The summed E-state index contributed by atoms with van der Waals surface area (Å²) in [5, 5.41) is 6.47. The summed E-state index contributed by atoms with van der Waals surface area (Å²) in [5.74, 6) is -0.675. The van der Waals surface area contributed by atoms with Gasteiger partial charge in [-0.05, 0) is 47.2 Å². The Kier molecular flexibility index (Phi) is 7.31. The number of methoxy groups -OCH3 is 1. The molecule has 1 heterocycles. The molecule has 1 aromatic carbocycles. The molecular formula is C16H16IN3O4S.